The van der Waals surface area contributed by atoms with Crippen molar-refractivity contribution in [2.75, 3.05) is 0 Å². The van der Waals surface area contributed by atoms with Crippen molar-refractivity contribution in [1.82, 2.24) is 0 Å². The Balaban J connectivity index is 2.71. The lowest BCUT2D eigenvalue weighted by Crippen LogP contribution is -1.94. The lowest BCUT2D eigenvalue weighted by molar-refractivity contribution is 0.571. The van der Waals surface area contributed by atoms with Gasteiger partial charge >= 0.3 is 0 Å². The molecule has 0 aliphatic carbocycles. The van der Waals surface area contributed by atoms with Crippen molar-refractivity contribution in [3.8, 4) is 5.75 Å². The fourth-order valence-electron chi connectivity index (χ4n) is 0.723. The zero-order chi connectivity index (χ0) is 8.97. The maximum absolute atomic E-state index is 10.8. The maximum Gasteiger partial charge on any atom is 0.232 e. The van der Waals surface area contributed by atoms with Gasteiger partial charge in [-0.3, -0.25) is 0 Å². The normalized spacial score (nSPS) is 12.1. The van der Waals surface area contributed by atoms with E-state index >= 15 is 0 Å². The van der Waals surface area contributed by atoms with E-state index in [0.717, 1.165) is 5.56 Å². The molecule has 0 aliphatic rings. The molecule has 1 aromatic carbocycles. The summed E-state index contributed by atoms with van der Waals surface area (Å²) in [4.78, 5) is 0. The van der Waals surface area contributed by atoms with Crippen molar-refractivity contribution < 1.29 is 8.39 Å². The molecule has 1 atom stereocenters. The molecule has 0 radical (unpaired) electrons. The Morgan fingerprint density at radius 1 is 1.42 bits per heavy atom. The monoisotopic (exact) mass is 182 g/mol. The van der Waals surface area contributed by atoms with Crippen LogP contribution in [0.25, 0.3) is 0 Å². The van der Waals surface area contributed by atoms with E-state index in [1.807, 2.05) is 19.1 Å². The van der Waals surface area contributed by atoms with Crippen LogP contribution >= 0.6 is 0 Å². The Hall–Kier alpha value is -1.09. The van der Waals surface area contributed by atoms with E-state index < -0.39 is 11.1 Å². The van der Waals surface area contributed by atoms with Crippen LogP contribution in [0.1, 0.15) is 5.56 Å². The van der Waals surface area contributed by atoms with E-state index in [-0.39, 0.29) is 0 Å². The molecule has 0 saturated heterocycles. The van der Waals surface area contributed by atoms with Crippen LogP contribution in [0.2, 0.25) is 0 Å². The molecule has 1 unspecified atom stereocenters. The number of rotatable bonds is 3. The molecule has 0 aliphatic heterocycles. The first-order valence-corrected chi connectivity index (χ1v) is 4.64. The molecular weight excluding hydrogens is 172 g/mol. The summed E-state index contributed by atoms with van der Waals surface area (Å²) < 4.78 is 15.8. The SMILES string of the molecule is C=CS(=O)Oc1ccc(C)cc1. The fraction of sp³-hybridized carbons (Fsp3) is 0.111. The molecular formula is C9H10O2S. The van der Waals surface area contributed by atoms with Crippen molar-refractivity contribution in [3.05, 3.63) is 41.8 Å². The van der Waals surface area contributed by atoms with Gasteiger partial charge in [0.1, 0.15) is 5.75 Å². The molecule has 0 fully saturated rings. The second-order valence-electron chi connectivity index (χ2n) is 2.32. The van der Waals surface area contributed by atoms with Crippen LogP contribution in [-0.4, -0.2) is 4.21 Å². The smallest absolute Gasteiger partial charge is 0.232 e. The molecule has 12 heavy (non-hydrogen) atoms. The second-order valence-corrected chi connectivity index (χ2v) is 3.34. The molecule has 0 heterocycles. The molecule has 1 aromatic rings. The summed E-state index contributed by atoms with van der Waals surface area (Å²) >= 11 is -1.42. The van der Waals surface area contributed by atoms with Crippen molar-refractivity contribution in [2.24, 2.45) is 0 Å². The highest BCUT2D eigenvalue weighted by Crippen LogP contribution is 2.12. The molecule has 0 saturated carbocycles. The predicted octanol–water partition coefficient (Wildman–Crippen LogP) is 2.18. The van der Waals surface area contributed by atoms with Gasteiger partial charge in [0.15, 0.2) is 0 Å². The van der Waals surface area contributed by atoms with Crippen molar-refractivity contribution in [3.63, 3.8) is 0 Å². The quantitative estimate of drug-likeness (QED) is 0.716. The second kappa shape index (κ2) is 4.07. The number of hydrogen-bond donors (Lipinski definition) is 0. The summed E-state index contributed by atoms with van der Waals surface area (Å²) in [6.45, 7) is 5.33. The molecule has 1 rings (SSSR count). The molecule has 3 heteroatoms. The van der Waals surface area contributed by atoms with E-state index in [9.17, 15) is 4.21 Å². The van der Waals surface area contributed by atoms with Gasteiger partial charge in [0.05, 0.1) is 0 Å². The van der Waals surface area contributed by atoms with Gasteiger partial charge in [-0.05, 0) is 19.1 Å². The number of benzene rings is 1. The zero-order valence-electron chi connectivity index (χ0n) is 6.82. The molecule has 0 amide bonds. The lowest BCUT2D eigenvalue weighted by Gasteiger charge is -2.00. The number of aryl methyl sites for hydroxylation is 1. The molecule has 64 valence electrons. The van der Waals surface area contributed by atoms with Crippen LogP contribution in [0.15, 0.2) is 36.3 Å². The third kappa shape index (κ3) is 2.51. The van der Waals surface area contributed by atoms with E-state index in [2.05, 4.69) is 6.58 Å². The standard InChI is InChI=1S/C9H10O2S/c1-3-12(10)11-9-6-4-8(2)5-7-9/h3-7H,1H2,2H3. The van der Waals surface area contributed by atoms with Gasteiger partial charge in [-0.25, -0.2) is 4.21 Å². The highest BCUT2D eigenvalue weighted by Gasteiger charge is 1.95. The average Bonchev–Trinajstić information content (AvgIpc) is 2.09. The predicted molar refractivity (Wildman–Crippen MR) is 50.1 cm³/mol. The van der Waals surface area contributed by atoms with Crippen LogP contribution in [0.3, 0.4) is 0 Å². The highest BCUT2D eigenvalue weighted by atomic mass is 32.2. The molecule has 2 nitrogen and oxygen atoms in total. The van der Waals surface area contributed by atoms with Crippen LogP contribution in [0.4, 0.5) is 0 Å². The molecule has 0 bridgehead atoms. The van der Waals surface area contributed by atoms with E-state index in [1.165, 1.54) is 5.41 Å². The van der Waals surface area contributed by atoms with Crippen molar-refractivity contribution in [1.29, 1.82) is 0 Å². The van der Waals surface area contributed by atoms with E-state index in [1.54, 1.807) is 12.1 Å². The first-order valence-electron chi connectivity index (χ1n) is 3.50. The van der Waals surface area contributed by atoms with Crippen LogP contribution in [-0.2, 0) is 11.1 Å². The fourth-order valence-corrected chi connectivity index (χ4v) is 1.09. The van der Waals surface area contributed by atoms with Gasteiger partial charge in [0.2, 0.25) is 11.1 Å². The van der Waals surface area contributed by atoms with Crippen molar-refractivity contribution >= 4 is 11.1 Å². The molecule has 0 spiro atoms. The first-order chi connectivity index (χ1) is 5.72. The van der Waals surface area contributed by atoms with E-state index in [0.29, 0.717) is 5.75 Å². The topological polar surface area (TPSA) is 26.3 Å². The minimum absolute atomic E-state index is 0.596. The Morgan fingerprint density at radius 3 is 2.50 bits per heavy atom. The maximum atomic E-state index is 10.8. The highest BCUT2D eigenvalue weighted by molar-refractivity contribution is 7.83. The minimum Gasteiger partial charge on any atom is -0.397 e. The molecule has 0 aromatic heterocycles. The van der Waals surface area contributed by atoms with Gasteiger partial charge < -0.3 is 4.18 Å². The third-order valence-corrected chi connectivity index (χ3v) is 1.96. The first kappa shape index (κ1) is 9.00. The Morgan fingerprint density at radius 2 is 2.00 bits per heavy atom. The summed E-state index contributed by atoms with van der Waals surface area (Å²) in [5.41, 5.74) is 1.15. The van der Waals surface area contributed by atoms with Gasteiger partial charge in [-0.15, -0.1) is 0 Å². The largest absolute Gasteiger partial charge is 0.397 e. The summed E-state index contributed by atoms with van der Waals surface area (Å²) in [5.74, 6) is 0.596. The summed E-state index contributed by atoms with van der Waals surface area (Å²) in [7, 11) is 0. The van der Waals surface area contributed by atoms with Gasteiger partial charge in [-0.1, -0.05) is 24.3 Å². The summed E-state index contributed by atoms with van der Waals surface area (Å²) in [6, 6.07) is 7.35. The minimum atomic E-state index is -1.42. The Labute approximate surface area is 74.5 Å². The average molecular weight is 182 g/mol. The van der Waals surface area contributed by atoms with Crippen LogP contribution in [0.5, 0.6) is 5.75 Å². The van der Waals surface area contributed by atoms with Crippen LogP contribution in [0, 0.1) is 6.92 Å². The lowest BCUT2D eigenvalue weighted by atomic mass is 10.2. The Bertz CT molecular complexity index is 290. The van der Waals surface area contributed by atoms with Gasteiger partial charge in [-0.2, -0.15) is 0 Å². The zero-order valence-corrected chi connectivity index (χ0v) is 7.64. The summed E-state index contributed by atoms with van der Waals surface area (Å²) in [5, 5.41) is 1.25. The number of hydrogen-bond acceptors (Lipinski definition) is 2. The van der Waals surface area contributed by atoms with Crippen LogP contribution < -0.4 is 4.18 Å². The third-order valence-electron chi connectivity index (χ3n) is 1.34. The van der Waals surface area contributed by atoms with Gasteiger partial charge in [0.25, 0.3) is 0 Å². The molecule has 0 N–H and O–H groups in total. The van der Waals surface area contributed by atoms with E-state index in [4.69, 9.17) is 4.18 Å². The van der Waals surface area contributed by atoms with Crippen molar-refractivity contribution in [2.45, 2.75) is 6.92 Å². The summed E-state index contributed by atoms with van der Waals surface area (Å²) in [6.07, 6.45) is 0. The van der Waals surface area contributed by atoms with Gasteiger partial charge in [0, 0.05) is 5.41 Å². The Kier molecular flexibility index (Phi) is 3.05.